The maximum atomic E-state index is 12.8. The maximum absolute atomic E-state index is 12.8. The molecule has 19 heavy (non-hydrogen) atoms. The molecule has 0 spiro atoms. The van der Waals surface area contributed by atoms with E-state index in [9.17, 15) is 4.39 Å². The van der Waals surface area contributed by atoms with E-state index in [0.717, 1.165) is 29.8 Å². The monoisotopic (exact) mass is 342 g/mol. The largest absolute Gasteiger partial charge is 0.373 e. The highest BCUT2D eigenvalue weighted by Crippen LogP contribution is 2.19. The second kappa shape index (κ2) is 7.03. The lowest BCUT2D eigenvalue weighted by Gasteiger charge is -2.19. The SMILES string of the molecule is CN(CCNCc1cc(Br)cs1)c1ccc(F)cc1. The van der Waals surface area contributed by atoms with E-state index in [1.54, 1.807) is 23.5 Å². The number of rotatable bonds is 6. The zero-order valence-corrected chi connectivity index (χ0v) is 13.1. The van der Waals surface area contributed by atoms with Gasteiger partial charge >= 0.3 is 0 Å². The van der Waals surface area contributed by atoms with Gasteiger partial charge in [0.15, 0.2) is 0 Å². The molecule has 0 bridgehead atoms. The van der Waals surface area contributed by atoms with Crippen molar-refractivity contribution in [1.82, 2.24) is 5.32 Å². The average molecular weight is 343 g/mol. The van der Waals surface area contributed by atoms with E-state index >= 15 is 0 Å². The summed E-state index contributed by atoms with van der Waals surface area (Å²) in [5.41, 5.74) is 1.03. The minimum Gasteiger partial charge on any atom is -0.373 e. The quantitative estimate of drug-likeness (QED) is 0.801. The van der Waals surface area contributed by atoms with E-state index in [-0.39, 0.29) is 5.82 Å². The molecular weight excluding hydrogens is 327 g/mol. The first-order valence-corrected chi connectivity index (χ1v) is 7.73. The van der Waals surface area contributed by atoms with Crippen molar-refractivity contribution in [3.05, 3.63) is 50.9 Å². The van der Waals surface area contributed by atoms with Crippen LogP contribution in [0.15, 0.2) is 40.2 Å². The molecule has 1 N–H and O–H groups in total. The lowest BCUT2D eigenvalue weighted by Crippen LogP contribution is -2.28. The van der Waals surface area contributed by atoms with Crippen LogP contribution in [0.3, 0.4) is 0 Å². The van der Waals surface area contributed by atoms with E-state index in [4.69, 9.17) is 0 Å². The summed E-state index contributed by atoms with van der Waals surface area (Å²) >= 11 is 5.19. The molecule has 0 amide bonds. The Hall–Kier alpha value is -0.910. The summed E-state index contributed by atoms with van der Waals surface area (Å²) in [6, 6.07) is 8.70. The number of hydrogen-bond acceptors (Lipinski definition) is 3. The normalized spacial score (nSPS) is 10.7. The predicted molar refractivity (Wildman–Crippen MR) is 83.4 cm³/mol. The molecule has 0 saturated heterocycles. The summed E-state index contributed by atoms with van der Waals surface area (Å²) in [5, 5.41) is 5.49. The predicted octanol–water partition coefficient (Wildman–Crippen LogP) is 3.88. The topological polar surface area (TPSA) is 15.3 Å². The van der Waals surface area contributed by atoms with Crippen molar-refractivity contribution in [2.24, 2.45) is 0 Å². The van der Waals surface area contributed by atoms with Crippen LogP contribution in [-0.4, -0.2) is 20.1 Å². The maximum Gasteiger partial charge on any atom is 0.123 e. The molecule has 1 aromatic heterocycles. The van der Waals surface area contributed by atoms with Crippen molar-refractivity contribution in [1.29, 1.82) is 0 Å². The second-order valence-electron chi connectivity index (χ2n) is 4.31. The number of benzene rings is 1. The molecule has 0 aliphatic carbocycles. The summed E-state index contributed by atoms with van der Waals surface area (Å²) in [5.74, 6) is -0.196. The summed E-state index contributed by atoms with van der Waals surface area (Å²) in [6.07, 6.45) is 0. The van der Waals surface area contributed by atoms with Gasteiger partial charge in [-0.3, -0.25) is 0 Å². The van der Waals surface area contributed by atoms with E-state index in [1.807, 2.05) is 7.05 Å². The van der Waals surface area contributed by atoms with E-state index in [0.29, 0.717) is 0 Å². The van der Waals surface area contributed by atoms with E-state index in [1.165, 1.54) is 17.0 Å². The van der Waals surface area contributed by atoms with Crippen LogP contribution < -0.4 is 10.2 Å². The standard InChI is InChI=1S/C14H16BrFN2S/c1-18(13-4-2-12(16)3-5-13)7-6-17-9-14-8-11(15)10-19-14/h2-5,8,10,17H,6-7,9H2,1H3. The van der Waals surface area contributed by atoms with Crippen LogP contribution in [0.2, 0.25) is 0 Å². The van der Waals surface area contributed by atoms with Crippen molar-refractivity contribution in [3.8, 4) is 0 Å². The van der Waals surface area contributed by atoms with Crippen molar-refractivity contribution in [2.75, 3.05) is 25.0 Å². The fraction of sp³-hybridized carbons (Fsp3) is 0.286. The van der Waals surface area contributed by atoms with Gasteiger partial charge in [0.05, 0.1) is 0 Å². The van der Waals surface area contributed by atoms with E-state index in [2.05, 4.69) is 37.6 Å². The van der Waals surface area contributed by atoms with Crippen LogP contribution in [0.25, 0.3) is 0 Å². The van der Waals surface area contributed by atoms with Gasteiger partial charge in [-0.2, -0.15) is 0 Å². The van der Waals surface area contributed by atoms with Gasteiger partial charge in [-0.15, -0.1) is 11.3 Å². The van der Waals surface area contributed by atoms with Gasteiger partial charge < -0.3 is 10.2 Å². The highest BCUT2D eigenvalue weighted by Gasteiger charge is 2.01. The Kier molecular flexibility index (Phi) is 5.36. The van der Waals surface area contributed by atoms with Gasteiger partial charge in [0.2, 0.25) is 0 Å². The third kappa shape index (κ3) is 4.60. The van der Waals surface area contributed by atoms with Crippen LogP contribution in [0.5, 0.6) is 0 Å². The van der Waals surface area contributed by atoms with Crippen molar-refractivity contribution in [2.45, 2.75) is 6.54 Å². The molecule has 1 heterocycles. The molecule has 102 valence electrons. The Morgan fingerprint density at radius 1 is 1.32 bits per heavy atom. The second-order valence-corrected chi connectivity index (χ2v) is 6.22. The molecule has 0 unspecified atom stereocenters. The first-order valence-electron chi connectivity index (χ1n) is 6.05. The number of halogens is 2. The molecular formula is C14H16BrFN2S. The highest BCUT2D eigenvalue weighted by atomic mass is 79.9. The fourth-order valence-electron chi connectivity index (χ4n) is 1.73. The van der Waals surface area contributed by atoms with Crippen molar-refractivity contribution in [3.63, 3.8) is 0 Å². The molecule has 2 aromatic rings. The summed E-state index contributed by atoms with van der Waals surface area (Å²) in [7, 11) is 2.01. The molecule has 2 nitrogen and oxygen atoms in total. The highest BCUT2D eigenvalue weighted by molar-refractivity contribution is 9.10. The fourth-order valence-corrected chi connectivity index (χ4v) is 3.15. The molecule has 1 aromatic carbocycles. The summed E-state index contributed by atoms with van der Waals surface area (Å²) < 4.78 is 13.9. The first kappa shape index (κ1) is 14.5. The Morgan fingerprint density at radius 3 is 2.68 bits per heavy atom. The molecule has 0 aliphatic rings. The average Bonchev–Trinajstić information content (AvgIpc) is 2.81. The van der Waals surface area contributed by atoms with Gasteiger partial charge in [-0.25, -0.2) is 4.39 Å². The Labute approximate surface area is 125 Å². The smallest absolute Gasteiger partial charge is 0.123 e. The van der Waals surface area contributed by atoms with Crippen molar-refractivity contribution < 1.29 is 4.39 Å². The first-order chi connectivity index (χ1) is 9.15. The summed E-state index contributed by atoms with van der Waals surface area (Å²) in [6.45, 7) is 2.66. The van der Waals surface area contributed by atoms with Gasteiger partial charge in [-0.1, -0.05) is 0 Å². The Bertz CT molecular complexity index is 512. The lowest BCUT2D eigenvalue weighted by molar-refractivity contribution is 0.627. The number of hydrogen-bond donors (Lipinski definition) is 1. The molecule has 0 fully saturated rings. The number of anilines is 1. The number of nitrogens with zero attached hydrogens (tertiary/aromatic N) is 1. The van der Waals surface area contributed by atoms with Crippen LogP contribution >= 0.6 is 27.3 Å². The molecule has 0 radical (unpaired) electrons. The van der Waals surface area contributed by atoms with Crippen molar-refractivity contribution >= 4 is 33.0 Å². The van der Waals surface area contributed by atoms with Gasteiger partial charge in [0.25, 0.3) is 0 Å². The molecule has 0 atom stereocenters. The lowest BCUT2D eigenvalue weighted by atomic mass is 10.3. The van der Waals surface area contributed by atoms with Gasteiger partial charge in [-0.05, 0) is 46.3 Å². The van der Waals surface area contributed by atoms with Crippen LogP contribution in [0, 0.1) is 5.82 Å². The minimum absolute atomic E-state index is 0.196. The van der Waals surface area contributed by atoms with Crippen LogP contribution in [-0.2, 0) is 6.54 Å². The van der Waals surface area contributed by atoms with Crippen LogP contribution in [0.4, 0.5) is 10.1 Å². The minimum atomic E-state index is -0.196. The number of thiophene rings is 1. The zero-order valence-electron chi connectivity index (χ0n) is 10.7. The number of nitrogens with one attached hydrogen (secondary N) is 1. The van der Waals surface area contributed by atoms with Crippen LogP contribution in [0.1, 0.15) is 4.88 Å². The molecule has 0 aliphatic heterocycles. The van der Waals surface area contributed by atoms with Gasteiger partial charge in [0.1, 0.15) is 5.82 Å². The molecule has 5 heteroatoms. The molecule has 2 rings (SSSR count). The van der Waals surface area contributed by atoms with Gasteiger partial charge in [0, 0.05) is 47.1 Å². The summed E-state index contributed by atoms with van der Waals surface area (Å²) in [4.78, 5) is 3.42. The van der Waals surface area contributed by atoms with E-state index < -0.39 is 0 Å². The third-order valence-corrected chi connectivity index (χ3v) is 4.51. The third-order valence-electron chi connectivity index (χ3n) is 2.81. The molecule has 0 saturated carbocycles. The number of likely N-dealkylation sites (N-methyl/N-ethyl adjacent to an activating group) is 1. The Balaban J connectivity index is 1.72. The Morgan fingerprint density at radius 2 is 2.05 bits per heavy atom. The zero-order chi connectivity index (χ0) is 13.7.